The van der Waals surface area contributed by atoms with Gasteiger partial charge in [0.15, 0.2) is 0 Å². The Morgan fingerprint density at radius 1 is 1.27 bits per heavy atom. The van der Waals surface area contributed by atoms with Gasteiger partial charge in [0.05, 0.1) is 5.54 Å². The molecule has 80 valence electrons. The summed E-state index contributed by atoms with van der Waals surface area (Å²) in [5.74, 6) is 0. The van der Waals surface area contributed by atoms with Gasteiger partial charge in [-0.2, -0.15) is 0 Å². The van der Waals surface area contributed by atoms with Gasteiger partial charge < -0.3 is 10.6 Å². The third-order valence-corrected chi connectivity index (χ3v) is 2.77. The second kappa shape index (κ2) is 3.30. The molecule has 15 heavy (non-hydrogen) atoms. The van der Waals surface area contributed by atoms with Crippen LogP contribution >= 0.6 is 0 Å². The van der Waals surface area contributed by atoms with Crippen molar-refractivity contribution >= 4 is 16.9 Å². The van der Waals surface area contributed by atoms with Gasteiger partial charge in [0, 0.05) is 24.0 Å². The number of hydrogen-bond donors (Lipinski definition) is 2. The zero-order chi connectivity index (χ0) is 11.1. The molecule has 2 nitrogen and oxygen atoms in total. The van der Waals surface area contributed by atoms with Crippen LogP contribution in [0, 0.1) is 0 Å². The Bertz CT molecular complexity index is 417. The van der Waals surface area contributed by atoms with Crippen molar-refractivity contribution in [1.29, 1.82) is 0 Å². The summed E-state index contributed by atoms with van der Waals surface area (Å²) in [6.45, 7) is 6.54. The molecular formula is C13H18N2. The largest absolute Gasteiger partial charge is 0.388 e. The predicted molar refractivity (Wildman–Crippen MR) is 67.3 cm³/mol. The van der Waals surface area contributed by atoms with E-state index in [-0.39, 0.29) is 5.54 Å². The summed E-state index contributed by atoms with van der Waals surface area (Å²) < 4.78 is 0. The van der Waals surface area contributed by atoms with Crippen LogP contribution in [0.25, 0.3) is 5.57 Å². The standard InChI is InChI=1S/C13H18N2/c1-9-8-13(2,3)15-12-6-5-10(14-4)7-11(9)12/h5-8,14-15H,1-4H3. The van der Waals surface area contributed by atoms with E-state index in [4.69, 9.17) is 0 Å². The molecule has 0 unspecified atom stereocenters. The predicted octanol–water partition coefficient (Wildman–Crippen LogP) is 3.34. The van der Waals surface area contributed by atoms with Crippen molar-refractivity contribution in [2.45, 2.75) is 26.3 Å². The van der Waals surface area contributed by atoms with E-state index < -0.39 is 0 Å². The van der Waals surface area contributed by atoms with E-state index in [2.05, 4.69) is 55.7 Å². The second-order valence-corrected chi connectivity index (χ2v) is 4.68. The summed E-state index contributed by atoms with van der Waals surface area (Å²) >= 11 is 0. The smallest absolute Gasteiger partial charge is 0.0505 e. The van der Waals surface area contributed by atoms with E-state index in [0.717, 1.165) is 5.69 Å². The molecule has 2 rings (SSSR count). The van der Waals surface area contributed by atoms with E-state index in [9.17, 15) is 0 Å². The van der Waals surface area contributed by atoms with Crippen LogP contribution in [0.4, 0.5) is 11.4 Å². The first-order valence-electron chi connectivity index (χ1n) is 5.32. The Morgan fingerprint density at radius 2 is 2.00 bits per heavy atom. The molecule has 0 bridgehead atoms. The molecule has 1 aliphatic heterocycles. The molecule has 0 aromatic heterocycles. The van der Waals surface area contributed by atoms with Crippen LogP contribution < -0.4 is 10.6 Å². The molecule has 0 aliphatic carbocycles. The normalized spacial score (nSPS) is 17.5. The zero-order valence-corrected chi connectivity index (χ0v) is 9.81. The number of fused-ring (bicyclic) bond motifs is 1. The SMILES string of the molecule is CNc1ccc2c(c1)C(C)=CC(C)(C)N2. The second-order valence-electron chi connectivity index (χ2n) is 4.68. The van der Waals surface area contributed by atoms with Crippen molar-refractivity contribution in [2.24, 2.45) is 0 Å². The maximum absolute atomic E-state index is 3.51. The molecule has 2 heteroatoms. The number of benzene rings is 1. The van der Waals surface area contributed by atoms with Crippen LogP contribution in [0.1, 0.15) is 26.3 Å². The summed E-state index contributed by atoms with van der Waals surface area (Å²) in [5.41, 5.74) is 5.06. The minimum absolute atomic E-state index is 0.0538. The number of anilines is 2. The monoisotopic (exact) mass is 202 g/mol. The highest BCUT2D eigenvalue weighted by Gasteiger charge is 2.22. The number of hydrogen-bond acceptors (Lipinski definition) is 2. The maximum atomic E-state index is 3.51. The quantitative estimate of drug-likeness (QED) is 0.730. The third-order valence-electron chi connectivity index (χ3n) is 2.77. The van der Waals surface area contributed by atoms with Gasteiger partial charge in [-0.3, -0.25) is 0 Å². The first-order valence-corrected chi connectivity index (χ1v) is 5.32. The summed E-state index contributed by atoms with van der Waals surface area (Å²) in [6, 6.07) is 6.42. The topological polar surface area (TPSA) is 24.1 Å². The van der Waals surface area contributed by atoms with Gasteiger partial charge in [0.1, 0.15) is 0 Å². The van der Waals surface area contributed by atoms with Crippen LogP contribution in [-0.2, 0) is 0 Å². The fourth-order valence-corrected chi connectivity index (χ4v) is 2.14. The highest BCUT2D eigenvalue weighted by atomic mass is 15.0. The van der Waals surface area contributed by atoms with E-state index in [1.807, 2.05) is 7.05 Å². The molecule has 2 N–H and O–H groups in total. The molecule has 1 aromatic carbocycles. The zero-order valence-electron chi connectivity index (χ0n) is 9.81. The van der Waals surface area contributed by atoms with Crippen LogP contribution in [0.3, 0.4) is 0 Å². The van der Waals surface area contributed by atoms with Crippen molar-refractivity contribution < 1.29 is 0 Å². The van der Waals surface area contributed by atoms with Crippen LogP contribution in [0.5, 0.6) is 0 Å². The molecular weight excluding hydrogens is 184 g/mol. The van der Waals surface area contributed by atoms with Gasteiger partial charge >= 0.3 is 0 Å². The average molecular weight is 202 g/mol. The first kappa shape index (κ1) is 10.1. The summed E-state index contributed by atoms with van der Waals surface area (Å²) in [5, 5.41) is 6.68. The van der Waals surface area contributed by atoms with Crippen LogP contribution in [-0.4, -0.2) is 12.6 Å². The summed E-state index contributed by atoms with van der Waals surface area (Å²) in [4.78, 5) is 0. The van der Waals surface area contributed by atoms with Crippen molar-refractivity contribution in [3.63, 3.8) is 0 Å². The van der Waals surface area contributed by atoms with Gasteiger partial charge in [-0.05, 0) is 44.5 Å². The number of nitrogens with one attached hydrogen (secondary N) is 2. The third kappa shape index (κ3) is 1.84. The summed E-state index contributed by atoms with van der Waals surface area (Å²) in [7, 11) is 1.95. The van der Waals surface area contributed by atoms with Crippen LogP contribution in [0.15, 0.2) is 24.3 Å². The fourth-order valence-electron chi connectivity index (χ4n) is 2.14. The molecule has 1 heterocycles. The van der Waals surface area contributed by atoms with Gasteiger partial charge in [0.25, 0.3) is 0 Å². The molecule has 1 aliphatic rings. The van der Waals surface area contributed by atoms with Crippen molar-refractivity contribution in [3.8, 4) is 0 Å². The van der Waals surface area contributed by atoms with Gasteiger partial charge in [-0.15, -0.1) is 0 Å². The van der Waals surface area contributed by atoms with E-state index in [0.29, 0.717) is 0 Å². The highest BCUT2D eigenvalue weighted by molar-refractivity contribution is 5.82. The highest BCUT2D eigenvalue weighted by Crippen LogP contribution is 2.34. The van der Waals surface area contributed by atoms with Crippen molar-refractivity contribution in [3.05, 3.63) is 29.8 Å². The molecule has 0 radical (unpaired) electrons. The van der Waals surface area contributed by atoms with Gasteiger partial charge in [0.2, 0.25) is 0 Å². The Kier molecular flexibility index (Phi) is 2.22. The van der Waals surface area contributed by atoms with E-state index in [1.165, 1.54) is 16.8 Å². The molecule has 0 saturated carbocycles. The van der Waals surface area contributed by atoms with Crippen molar-refractivity contribution in [1.82, 2.24) is 0 Å². The minimum Gasteiger partial charge on any atom is -0.388 e. The minimum atomic E-state index is 0.0538. The average Bonchev–Trinajstić information content (AvgIpc) is 2.15. The van der Waals surface area contributed by atoms with Gasteiger partial charge in [-0.25, -0.2) is 0 Å². The molecule has 0 amide bonds. The molecule has 0 saturated heterocycles. The lowest BCUT2D eigenvalue weighted by molar-refractivity contribution is 0.707. The Labute approximate surface area is 91.4 Å². The Morgan fingerprint density at radius 3 is 2.67 bits per heavy atom. The molecule has 0 spiro atoms. The van der Waals surface area contributed by atoms with Gasteiger partial charge in [-0.1, -0.05) is 6.08 Å². The maximum Gasteiger partial charge on any atom is 0.0505 e. The number of allylic oxidation sites excluding steroid dienone is 1. The van der Waals surface area contributed by atoms with Crippen molar-refractivity contribution in [2.75, 3.05) is 17.7 Å². The summed E-state index contributed by atoms with van der Waals surface area (Å²) in [6.07, 6.45) is 2.27. The molecule has 0 fully saturated rings. The molecule has 1 aromatic rings. The number of rotatable bonds is 1. The van der Waals surface area contributed by atoms with E-state index in [1.54, 1.807) is 0 Å². The van der Waals surface area contributed by atoms with E-state index >= 15 is 0 Å². The lowest BCUT2D eigenvalue weighted by Gasteiger charge is -2.31. The lowest BCUT2D eigenvalue weighted by Crippen LogP contribution is -2.31. The lowest BCUT2D eigenvalue weighted by atomic mass is 9.91. The fraction of sp³-hybridized carbons (Fsp3) is 0.385. The molecule has 0 atom stereocenters. The Balaban J connectivity index is 2.51. The van der Waals surface area contributed by atoms with Crippen LogP contribution in [0.2, 0.25) is 0 Å². The Hall–Kier alpha value is -1.44. The first-order chi connectivity index (χ1) is 7.02.